The molecule has 1 heterocycles. The molecule has 1 aromatic heterocycles. The Hall–Kier alpha value is -5.38. The van der Waals surface area contributed by atoms with Crippen LogP contribution in [0.15, 0.2) is 97.3 Å². The topological polar surface area (TPSA) is 116 Å². The predicted octanol–water partition coefficient (Wildman–Crippen LogP) is 6.98. The van der Waals surface area contributed by atoms with Gasteiger partial charge in [0, 0.05) is 56.5 Å². The largest absolute Gasteiger partial charge is 0.444 e. The Bertz CT molecular complexity index is 1570. The Labute approximate surface area is 258 Å². The molecule has 0 aliphatic carbocycles. The third-order valence-electron chi connectivity index (χ3n) is 6.45. The van der Waals surface area contributed by atoms with Crippen LogP contribution in [0.2, 0.25) is 0 Å². The molecule has 4 aromatic rings. The average molecular weight is 595 g/mol. The van der Waals surface area contributed by atoms with Crippen LogP contribution >= 0.6 is 0 Å². The summed E-state index contributed by atoms with van der Waals surface area (Å²) in [5.74, 6) is -0.345. The van der Waals surface area contributed by atoms with Crippen LogP contribution in [0.4, 0.5) is 32.3 Å². The Morgan fingerprint density at radius 3 is 1.86 bits per heavy atom. The first-order valence-corrected chi connectivity index (χ1v) is 14.2. The van der Waals surface area contributed by atoms with Crippen molar-refractivity contribution in [2.24, 2.45) is 0 Å². The first-order valence-electron chi connectivity index (χ1n) is 14.2. The maximum Gasteiger partial charge on any atom is 0.412 e. The van der Waals surface area contributed by atoms with E-state index in [1.807, 2.05) is 67.5 Å². The highest BCUT2D eigenvalue weighted by molar-refractivity contribution is 6.06. The van der Waals surface area contributed by atoms with E-state index in [0.29, 0.717) is 35.7 Å². The van der Waals surface area contributed by atoms with Crippen LogP contribution in [0.25, 0.3) is 0 Å². The minimum atomic E-state index is -0.657. The van der Waals surface area contributed by atoms with E-state index in [0.717, 1.165) is 16.8 Å². The van der Waals surface area contributed by atoms with Gasteiger partial charge in [-0.25, -0.2) is 9.59 Å². The second kappa shape index (κ2) is 14.2. The van der Waals surface area contributed by atoms with Crippen molar-refractivity contribution < 1.29 is 19.1 Å². The summed E-state index contributed by atoms with van der Waals surface area (Å²) in [6.07, 6.45) is 2.77. The predicted molar refractivity (Wildman–Crippen MR) is 174 cm³/mol. The van der Waals surface area contributed by atoms with Crippen molar-refractivity contribution in [2.45, 2.75) is 39.5 Å². The van der Waals surface area contributed by atoms with Crippen molar-refractivity contribution >= 4 is 40.8 Å². The molecule has 0 aliphatic rings. The summed E-state index contributed by atoms with van der Waals surface area (Å²) < 4.78 is 5.33. The van der Waals surface area contributed by atoms with E-state index in [2.05, 4.69) is 20.9 Å². The van der Waals surface area contributed by atoms with Crippen LogP contribution in [-0.4, -0.2) is 47.6 Å². The molecule has 0 saturated carbocycles. The highest BCUT2D eigenvalue weighted by atomic mass is 16.6. The fourth-order valence-corrected chi connectivity index (χ4v) is 4.24. The second-order valence-electron chi connectivity index (χ2n) is 11.4. The van der Waals surface area contributed by atoms with Gasteiger partial charge in [-0.1, -0.05) is 24.3 Å². The number of nitrogens with zero attached hydrogens (tertiary/aromatic N) is 3. The molecule has 228 valence electrons. The monoisotopic (exact) mass is 594 g/mol. The molecule has 10 heteroatoms. The summed E-state index contributed by atoms with van der Waals surface area (Å²) in [4.78, 5) is 46.5. The normalized spacial score (nSPS) is 10.8. The summed E-state index contributed by atoms with van der Waals surface area (Å²) in [6, 6.07) is 25.0. The molecule has 0 saturated heterocycles. The SMILES string of the molecule is CN(C)c1ccc(NC(=O)N(Cc2ccncc2)Cc2ccc(C(=O)Nc3ccccc3NC(=O)OC(C)(C)C)cc2)cc1. The van der Waals surface area contributed by atoms with E-state index in [9.17, 15) is 14.4 Å². The van der Waals surface area contributed by atoms with E-state index in [1.165, 1.54) is 0 Å². The number of rotatable bonds is 9. The van der Waals surface area contributed by atoms with Crippen LogP contribution in [0.5, 0.6) is 0 Å². The summed E-state index contributed by atoms with van der Waals surface area (Å²) in [5.41, 5.74) is 4.13. The van der Waals surface area contributed by atoms with Gasteiger partial charge in [0.25, 0.3) is 5.91 Å². The number of hydrogen-bond donors (Lipinski definition) is 3. The van der Waals surface area contributed by atoms with E-state index < -0.39 is 11.7 Å². The molecule has 4 rings (SSSR count). The molecule has 44 heavy (non-hydrogen) atoms. The van der Waals surface area contributed by atoms with Gasteiger partial charge < -0.3 is 25.2 Å². The average Bonchev–Trinajstić information content (AvgIpc) is 2.98. The highest BCUT2D eigenvalue weighted by Gasteiger charge is 2.19. The quantitative estimate of drug-likeness (QED) is 0.193. The van der Waals surface area contributed by atoms with Crippen LogP contribution in [-0.2, 0) is 17.8 Å². The van der Waals surface area contributed by atoms with Crippen LogP contribution < -0.4 is 20.9 Å². The minimum Gasteiger partial charge on any atom is -0.444 e. The van der Waals surface area contributed by atoms with E-state index in [-0.39, 0.29) is 11.9 Å². The number of urea groups is 1. The molecule has 3 N–H and O–H groups in total. The second-order valence-corrected chi connectivity index (χ2v) is 11.4. The third-order valence-corrected chi connectivity index (χ3v) is 6.45. The van der Waals surface area contributed by atoms with Crippen molar-refractivity contribution in [1.29, 1.82) is 0 Å². The molecule has 0 fully saturated rings. The maximum absolute atomic E-state index is 13.4. The van der Waals surface area contributed by atoms with Crippen LogP contribution in [0, 0.1) is 0 Å². The van der Waals surface area contributed by atoms with Gasteiger partial charge >= 0.3 is 12.1 Å². The summed E-state index contributed by atoms with van der Waals surface area (Å²) in [5, 5.41) is 8.52. The fourth-order valence-electron chi connectivity index (χ4n) is 4.24. The lowest BCUT2D eigenvalue weighted by atomic mass is 10.1. The fraction of sp³-hybridized carbons (Fsp3) is 0.235. The first-order chi connectivity index (χ1) is 21.0. The van der Waals surface area contributed by atoms with Gasteiger partial charge in [-0.15, -0.1) is 0 Å². The molecule has 10 nitrogen and oxygen atoms in total. The number of ether oxygens (including phenoxy) is 1. The van der Waals surface area contributed by atoms with Crippen molar-refractivity contribution in [3.63, 3.8) is 0 Å². The van der Waals surface area contributed by atoms with E-state index in [4.69, 9.17) is 4.74 Å². The lowest BCUT2D eigenvalue weighted by Crippen LogP contribution is -2.34. The highest BCUT2D eigenvalue weighted by Crippen LogP contribution is 2.23. The molecule has 0 unspecified atom stereocenters. The smallest absolute Gasteiger partial charge is 0.412 e. The number of carbonyl (C=O) groups is 3. The van der Waals surface area contributed by atoms with Gasteiger partial charge in [-0.05, 0) is 92.6 Å². The Kier molecular flexibility index (Phi) is 10.2. The zero-order valence-electron chi connectivity index (χ0n) is 25.6. The van der Waals surface area contributed by atoms with Crippen LogP contribution in [0.1, 0.15) is 42.3 Å². The molecule has 4 amide bonds. The van der Waals surface area contributed by atoms with Crippen molar-refractivity contribution in [3.8, 4) is 0 Å². The van der Waals surface area contributed by atoms with E-state index >= 15 is 0 Å². The Morgan fingerprint density at radius 2 is 1.30 bits per heavy atom. The molecule has 0 aliphatic heterocycles. The molecule has 0 atom stereocenters. The van der Waals surface area contributed by atoms with Crippen LogP contribution in [0.3, 0.4) is 0 Å². The zero-order valence-corrected chi connectivity index (χ0v) is 25.6. The number of benzene rings is 3. The van der Waals surface area contributed by atoms with Crippen molar-refractivity contribution in [2.75, 3.05) is 34.9 Å². The Balaban J connectivity index is 1.45. The summed E-state index contributed by atoms with van der Waals surface area (Å²) in [6.45, 7) is 6.01. The van der Waals surface area contributed by atoms with Gasteiger partial charge in [0.05, 0.1) is 11.4 Å². The van der Waals surface area contributed by atoms with Gasteiger partial charge in [-0.2, -0.15) is 0 Å². The number of para-hydroxylation sites is 2. The molecule has 0 bridgehead atoms. The molecular formula is C34H38N6O4. The number of amides is 4. The zero-order chi connectivity index (χ0) is 31.7. The van der Waals surface area contributed by atoms with Gasteiger partial charge in [0.15, 0.2) is 0 Å². The lowest BCUT2D eigenvalue weighted by molar-refractivity contribution is 0.0635. The van der Waals surface area contributed by atoms with Gasteiger partial charge in [0.1, 0.15) is 5.60 Å². The minimum absolute atomic E-state index is 0.254. The number of nitrogens with one attached hydrogen (secondary N) is 3. The standard InChI is InChI=1S/C34H38N6O4/c1-34(2,3)44-33(43)38-30-9-7-6-8-29(30)37-31(41)26-12-10-24(11-13-26)22-40(23-25-18-20-35-21-19-25)32(42)36-27-14-16-28(17-15-27)39(4)5/h6-21H,22-23H2,1-5H3,(H,36,42)(H,37,41)(H,38,43). The maximum atomic E-state index is 13.4. The number of aromatic nitrogens is 1. The number of pyridine rings is 1. The number of hydrogen-bond acceptors (Lipinski definition) is 6. The molecule has 0 spiro atoms. The number of carbonyl (C=O) groups excluding carboxylic acids is 3. The van der Waals surface area contributed by atoms with Crippen molar-refractivity contribution in [1.82, 2.24) is 9.88 Å². The first kappa shape index (κ1) is 31.6. The third kappa shape index (κ3) is 9.32. The molecule has 0 radical (unpaired) electrons. The Morgan fingerprint density at radius 1 is 0.727 bits per heavy atom. The van der Waals surface area contributed by atoms with Gasteiger partial charge in [-0.3, -0.25) is 15.1 Å². The van der Waals surface area contributed by atoms with E-state index in [1.54, 1.807) is 74.5 Å². The molecule has 3 aromatic carbocycles. The summed E-state index contributed by atoms with van der Waals surface area (Å²) >= 11 is 0. The molecular weight excluding hydrogens is 556 g/mol. The van der Waals surface area contributed by atoms with Gasteiger partial charge in [0.2, 0.25) is 0 Å². The lowest BCUT2D eigenvalue weighted by Gasteiger charge is -2.24. The van der Waals surface area contributed by atoms with Crippen molar-refractivity contribution in [3.05, 3.63) is 114 Å². The number of anilines is 4. The summed E-state index contributed by atoms with van der Waals surface area (Å²) in [7, 11) is 3.92.